The largest absolute Gasteiger partial charge is 0.313 e. The molecule has 0 bridgehead atoms. The molecule has 0 heterocycles. The predicted molar refractivity (Wildman–Crippen MR) is 53.7 cm³/mol. The van der Waals surface area contributed by atoms with Crippen LogP contribution >= 0.6 is 0 Å². The van der Waals surface area contributed by atoms with Crippen LogP contribution < -0.4 is 16.0 Å². The Morgan fingerprint density at radius 2 is 1.75 bits per heavy atom. The topological polar surface area (TPSA) is 36.1 Å². The molecule has 0 aromatic carbocycles. The van der Waals surface area contributed by atoms with Crippen LogP contribution in [0.15, 0.2) is 0 Å². The summed E-state index contributed by atoms with van der Waals surface area (Å²) in [4.78, 5) is 0. The standard InChI is InChI=1S/C9H22N3/c1-5-6-7-9(11-3,12-4)8-10-2/h8,10-12H,5-7H2,1-4H3. The van der Waals surface area contributed by atoms with Gasteiger partial charge in [-0.25, -0.2) is 0 Å². The van der Waals surface area contributed by atoms with E-state index in [4.69, 9.17) is 0 Å². The van der Waals surface area contributed by atoms with Crippen LogP contribution in [0.25, 0.3) is 0 Å². The van der Waals surface area contributed by atoms with Gasteiger partial charge in [0.15, 0.2) is 0 Å². The second-order valence-electron chi connectivity index (χ2n) is 3.01. The molecule has 0 unspecified atom stereocenters. The van der Waals surface area contributed by atoms with Gasteiger partial charge in [0, 0.05) is 0 Å². The Morgan fingerprint density at radius 1 is 1.17 bits per heavy atom. The summed E-state index contributed by atoms with van der Waals surface area (Å²) in [6.07, 6.45) is 3.56. The third-order valence-corrected chi connectivity index (χ3v) is 2.21. The smallest absolute Gasteiger partial charge is 0.0856 e. The van der Waals surface area contributed by atoms with E-state index < -0.39 is 0 Å². The number of hydrogen-bond donors (Lipinski definition) is 3. The van der Waals surface area contributed by atoms with E-state index in [-0.39, 0.29) is 5.66 Å². The Morgan fingerprint density at radius 3 is 2.08 bits per heavy atom. The molecule has 3 nitrogen and oxygen atoms in total. The fourth-order valence-electron chi connectivity index (χ4n) is 1.29. The van der Waals surface area contributed by atoms with Gasteiger partial charge >= 0.3 is 0 Å². The molecule has 0 aliphatic heterocycles. The predicted octanol–water partition coefficient (Wildman–Crippen LogP) is 0.693. The maximum absolute atomic E-state index is 3.27. The van der Waals surface area contributed by atoms with E-state index in [0.717, 1.165) is 6.42 Å². The molecule has 73 valence electrons. The highest BCUT2D eigenvalue weighted by Gasteiger charge is 2.24. The molecule has 0 aromatic rings. The summed E-state index contributed by atoms with van der Waals surface area (Å²) in [6.45, 7) is 4.26. The molecule has 0 aliphatic rings. The molecule has 0 amide bonds. The van der Waals surface area contributed by atoms with Gasteiger partial charge in [0.1, 0.15) is 0 Å². The number of nitrogens with one attached hydrogen (secondary N) is 3. The van der Waals surface area contributed by atoms with Crippen molar-refractivity contribution in [2.45, 2.75) is 31.8 Å². The molecule has 1 radical (unpaired) electrons. The van der Waals surface area contributed by atoms with Crippen molar-refractivity contribution in [3.8, 4) is 0 Å². The zero-order chi connectivity index (χ0) is 9.45. The highest BCUT2D eigenvalue weighted by Crippen LogP contribution is 2.11. The third kappa shape index (κ3) is 3.52. The minimum absolute atomic E-state index is 0.0508. The lowest BCUT2D eigenvalue weighted by Crippen LogP contribution is -2.56. The van der Waals surface area contributed by atoms with Gasteiger partial charge in [-0.2, -0.15) is 0 Å². The second-order valence-corrected chi connectivity index (χ2v) is 3.01. The van der Waals surface area contributed by atoms with E-state index >= 15 is 0 Å². The van der Waals surface area contributed by atoms with Gasteiger partial charge < -0.3 is 16.0 Å². The van der Waals surface area contributed by atoms with Crippen molar-refractivity contribution in [2.24, 2.45) is 0 Å². The molecule has 0 fully saturated rings. The van der Waals surface area contributed by atoms with E-state index in [1.165, 1.54) is 12.8 Å². The van der Waals surface area contributed by atoms with Crippen LogP contribution in [0.2, 0.25) is 0 Å². The quantitative estimate of drug-likeness (QED) is 0.495. The van der Waals surface area contributed by atoms with Crippen LogP contribution in [0.4, 0.5) is 0 Å². The summed E-state index contributed by atoms with van der Waals surface area (Å²) < 4.78 is 0. The van der Waals surface area contributed by atoms with Gasteiger partial charge in [-0.15, -0.1) is 0 Å². The fraction of sp³-hybridized carbons (Fsp3) is 0.889. The molecule has 0 spiro atoms. The van der Waals surface area contributed by atoms with Gasteiger partial charge in [0.2, 0.25) is 0 Å². The highest BCUT2D eigenvalue weighted by atomic mass is 15.2. The lowest BCUT2D eigenvalue weighted by atomic mass is 10.0. The van der Waals surface area contributed by atoms with Crippen molar-refractivity contribution in [1.29, 1.82) is 0 Å². The van der Waals surface area contributed by atoms with Crippen molar-refractivity contribution in [1.82, 2.24) is 16.0 Å². The van der Waals surface area contributed by atoms with Crippen LogP contribution in [0.1, 0.15) is 26.2 Å². The molecule has 0 aliphatic carbocycles. The Bertz CT molecular complexity index is 99.9. The van der Waals surface area contributed by atoms with E-state index in [1.807, 2.05) is 21.1 Å². The van der Waals surface area contributed by atoms with Crippen molar-refractivity contribution in [2.75, 3.05) is 21.1 Å². The maximum atomic E-state index is 3.27. The first-order valence-corrected chi connectivity index (χ1v) is 4.64. The first kappa shape index (κ1) is 11.9. The van der Waals surface area contributed by atoms with Crippen LogP contribution in [-0.2, 0) is 0 Å². The lowest BCUT2D eigenvalue weighted by Gasteiger charge is -2.32. The zero-order valence-electron chi connectivity index (χ0n) is 8.70. The maximum Gasteiger partial charge on any atom is 0.0856 e. The van der Waals surface area contributed by atoms with Gasteiger partial charge in [0.25, 0.3) is 0 Å². The van der Waals surface area contributed by atoms with E-state index in [0.29, 0.717) is 0 Å². The van der Waals surface area contributed by atoms with Gasteiger partial charge in [-0.05, 0) is 27.6 Å². The molecule has 0 atom stereocenters. The average Bonchev–Trinajstić information content (AvgIpc) is 2.13. The second kappa shape index (κ2) is 6.40. The molecular formula is C9H22N3. The molecule has 0 saturated carbocycles. The summed E-state index contributed by atoms with van der Waals surface area (Å²) in [5, 5.41) is 9.61. The molecule has 3 N–H and O–H groups in total. The molecule has 3 heteroatoms. The van der Waals surface area contributed by atoms with Crippen molar-refractivity contribution >= 4 is 0 Å². The summed E-state index contributed by atoms with van der Waals surface area (Å²) in [7, 11) is 5.87. The molecule has 0 aromatic heterocycles. The third-order valence-electron chi connectivity index (χ3n) is 2.21. The van der Waals surface area contributed by atoms with Crippen molar-refractivity contribution in [3.63, 3.8) is 0 Å². The Kier molecular flexibility index (Phi) is 6.34. The monoisotopic (exact) mass is 172 g/mol. The number of hydrogen-bond acceptors (Lipinski definition) is 3. The van der Waals surface area contributed by atoms with E-state index in [9.17, 15) is 0 Å². The Balaban J connectivity index is 3.95. The molecule has 0 saturated heterocycles. The van der Waals surface area contributed by atoms with Gasteiger partial charge in [-0.1, -0.05) is 19.8 Å². The molecule has 12 heavy (non-hydrogen) atoms. The van der Waals surface area contributed by atoms with Crippen LogP contribution in [-0.4, -0.2) is 26.8 Å². The fourth-order valence-corrected chi connectivity index (χ4v) is 1.29. The highest BCUT2D eigenvalue weighted by molar-refractivity contribution is 4.93. The first-order chi connectivity index (χ1) is 5.74. The van der Waals surface area contributed by atoms with E-state index in [1.54, 1.807) is 0 Å². The normalized spacial score (nSPS) is 12.0. The van der Waals surface area contributed by atoms with Gasteiger partial charge in [0.05, 0.1) is 12.2 Å². The number of unbranched alkanes of at least 4 members (excludes halogenated alkanes) is 1. The summed E-state index contributed by atoms with van der Waals surface area (Å²) >= 11 is 0. The Labute approximate surface area is 76.3 Å². The average molecular weight is 172 g/mol. The number of rotatable bonds is 7. The minimum atomic E-state index is -0.0508. The van der Waals surface area contributed by atoms with Crippen molar-refractivity contribution < 1.29 is 0 Å². The molecule has 0 rings (SSSR count). The first-order valence-electron chi connectivity index (χ1n) is 4.64. The van der Waals surface area contributed by atoms with E-state index in [2.05, 4.69) is 29.4 Å². The van der Waals surface area contributed by atoms with Crippen LogP contribution in [0.3, 0.4) is 0 Å². The molecular weight excluding hydrogens is 150 g/mol. The Hall–Kier alpha value is -0.120. The van der Waals surface area contributed by atoms with Crippen LogP contribution in [0, 0.1) is 6.54 Å². The summed E-state index contributed by atoms with van der Waals surface area (Å²) in [5.74, 6) is 0. The zero-order valence-corrected chi connectivity index (χ0v) is 8.70. The summed E-state index contributed by atoms with van der Waals surface area (Å²) in [6, 6.07) is 0. The summed E-state index contributed by atoms with van der Waals surface area (Å²) in [5.41, 5.74) is -0.0508. The SMILES string of the molecule is CCCCC([CH]NC)(NC)NC. The van der Waals surface area contributed by atoms with Crippen molar-refractivity contribution in [3.05, 3.63) is 6.54 Å². The van der Waals surface area contributed by atoms with Crippen LogP contribution in [0.5, 0.6) is 0 Å². The van der Waals surface area contributed by atoms with Gasteiger partial charge in [-0.3, -0.25) is 0 Å². The minimum Gasteiger partial charge on any atom is -0.313 e. The lowest BCUT2D eigenvalue weighted by molar-refractivity contribution is 0.300. The number of likely N-dealkylation sites (N-methyl/N-ethyl adjacent to an activating group) is 3.